The van der Waals surface area contributed by atoms with Gasteiger partial charge in [-0.15, -0.1) is 0 Å². The lowest BCUT2D eigenvalue weighted by atomic mass is 10.0. The number of rotatable bonds is 5. The molecule has 2 aromatic rings. The van der Waals surface area contributed by atoms with Crippen molar-refractivity contribution < 1.29 is 19.1 Å². The minimum atomic E-state index is -1.01. The summed E-state index contributed by atoms with van der Waals surface area (Å²) in [6, 6.07) is 11.7. The van der Waals surface area contributed by atoms with E-state index < -0.39 is 23.8 Å². The van der Waals surface area contributed by atoms with Crippen LogP contribution in [0.3, 0.4) is 0 Å². The second-order valence-corrected chi connectivity index (χ2v) is 6.60. The molecule has 0 bridgehead atoms. The van der Waals surface area contributed by atoms with Gasteiger partial charge in [-0.3, -0.25) is 9.59 Å². The van der Waals surface area contributed by atoms with Crippen LogP contribution in [0.2, 0.25) is 0 Å². The number of benzene rings is 2. The molecule has 4 amide bonds. The third-order valence-electron chi connectivity index (χ3n) is 4.63. The lowest BCUT2D eigenvalue weighted by Crippen LogP contribution is -2.58. The minimum Gasteiger partial charge on any atom is -0.494 e. The number of aryl methyl sites for hydroxylation is 2. The highest BCUT2D eigenvalue weighted by molar-refractivity contribution is 6.23. The number of imide groups is 1. The monoisotopic (exact) mass is 381 g/mol. The van der Waals surface area contributed by atoms with Crippen LogP contribution in [0.4, 0.5) is 16.2 Å². The van der Waals surface area contributed by atoms with E-state index in [-0.39, 0.29) is 6.54 Å². The number of hydrogen-bond donors (Lipinski definition) is 2. The smallest absolute Gasteiger partial charge is 0.328 e. The van der Waals surface area contributed by atoms with Gasteiger partial charge >= 0.3 is 6.03 Å². The molecule has 0 saturated carbocycles. The first kappa shape index (κ1) is 19.4. The van der Waals surface area contributed by atoms with Crippen molar-refractivity contribution in [3.8, 4) is 5.75 Å². The van der Waals surface area contributed by atoms with Crippen LogP contribution in [0.25, 0.3) is 0 Å². The lowest BCUT2D eigenvalue weighted by Gasteiger charge is -2.31. The summed E-state index contributed by atoms with van der Waals surface area (Å²) in [5.74, 6) is -1.38. The van der Waals surface area contributed by atoms with E-state index in [9.17, 15) is 14.4 Å². The van der Waals surface area contributed by atoms with Crippen LogP contribution in [0.5, 0.6) is 5.75 Å². The van der Waals surface area contributed by atoms with E-state index in [1.807, 2.05) is 39.0 Å². The third kappa shape index (κ3) is 3.83. The summed E-state index contributed by atoms with van der Waals surface area (Å²) in [4.78, 5) is 39.0. The zero-order chi connectivity index (χ0) is 20.3. The molecule has 2 aromatic carbocycles. The molecule has 0 aliphatic carbocycles. The molecule has 0 radical (unpaired) electrons. The van der Waals surface area contributed by atoms with Crippen molar-refractivity contribution >= 4 is 29.2 Å². The van der Waals surface area contributed by atoms with Gasteiger partial charge in [-0.05, 0) is 56.2 Å². The van der Waals surface area contributed by atoms with E-state index in [1.165, 1.54) is 0 Å². The Morgan fingerprint density at radius 1 is 1.14 bits per heavy atom. The summed E-state index contributed by atoms with van der Waals surface area (Å²) in [6.45, 7) is 6.12. The molecule has 1 heterocycles. The molecular weight excluding hydrogens is 358 g/mol. The van der Waals surface area contributed by atoms with Gasteiger partial charge < -0.3 is 15.4 Å². The van der Waals surface area contributed by atoms with Crippen LogP contribution >= 0.6 is 0 Å². The fraction of sp³-hybridized carbons (Fsp3) is 0.286. The Kier molecular flexibility index (Phi) is 5.63. The van der Waals surface area contributed by atoms with Crippen LogP contribution in [0, 0.1) is 19.8 Å². The first-order chi connectivity index (χ1) is 13.4. The number of carbonyl (C=O) groups excluding carboxylic acids is 3. The average Bonchev–Trinajstić information content (AvgIpc) is 2.66. The topological polar surface area (TPSA) is 87.7 Å². The second-order valence-electron chi connectivity index (χ2n) is 6.60. The normalized spacial score (nSPS) is 16.5. The van der Waals surface area contributed by atoms with Crippen LogP contribution in [0.15, 0.2) is 42.5 Å². The summed E-state index contributed by atoms with van der Waals surface area (Å²) in [6.07, 6.45) is 0. The number of hydrogen-bond acceptors (Lipinski definition) is 4. The number of urea groups is 1. The molecule has 1 unspecified atom stereocenters. The number of nitrogens with zero attached hydrogens (tertiary/aromatic N) is 1. The Balaban J connectivity index is 1.81. The number of amides is 4. The van der Waals surface area contributed by atoms with E-state index in [4.69, 9.17) is 4.74 Å². The molecule has 28 heavy (non-hydrogen) atoms. The molecule has 1 saturated heterocycles. The third-order valence-corrected chi connectivity index (χ3v) is 4.63. The second kappa shape index (κ2) is 8.12. The van der Waals surface area contributed by atoms with Crippen molar-refractivity contribution in [3.63, 3.8) is 0 Å². The minimum absolute atomic E-state index is 0.0397. The van der Waals surface area contributed by atoms with Gasteiger partial charge in [0.05, 0.1) is 12.3 Å². The number of carbonyl (C=O) groups is 3. The van der Waals surface area contributed by atoms with E-state index in [1.54, 1.807) is 24.3 Å². The maximum absolute atomic E-state index is 12.9. The van der Waals surface area contributed by atoms with Gasteiger partial charge in [0.25, 0.3) is 0 Å². The summed E-state index contributed by atoms with van der Waals surface area (Å²) >= 11 is 0. The summed E-state index contributed by atoms with van der Waals surface area (Å²) in [7, 11) is 0. The van der Waals surface area contributed by atoms with Gasteiger partial charge in [0, 0.05) is 12.2 Å². The van der Waals surface area contributed by atoms with Gasteiger partial charge in [-0.25, -0.2) is 9.69 Å². The fourth-order valence-corrected chi connectivity index (χ4v) is 3.14. The number of ether oxygens (including phenoxy) is 1. The molecule has 0 spiro atoms. The first-order valence-electron chi connectivity index (χ1n) is 9.14. The molecule has 2 N–H and O–H groups in total. The summed E-state index contributed by atoms with van der Waals surface area (Å²) in [5, 5.41) is 5.45. The van der Waals surface area contributed by atoms with Crippen LogP contribution < -0.4 is 20.3 Å². The molecule has 146 valence electrons. The van der Waals surface area contributed by atoms with Gasteiger partial charge in [0.2, 0.25) is 11.8 Å². The zero-order valence-electron chi connectivity index (χ0n) is 16.1. The molecule has 1 aliphatic heterocycles. The van der Waals surface area contributed by atoms with Gasteiger partial charge in [-0.1, -0.05) is 18.2 Å². The molecule has 1 fully saturated rings. The van der Waals surface area contributed by atoms with Crippen LogP contribution in [0.1, 0.15) is 18.1 Å². The quantitative estimate of drug-likeness (QED) is 0.780. The van der Waals surface area contributed by atoms with Crippen molar-refractivity contribution in [2.75, 3.05) is 23.4 Å². The highest BCUT2D eigenvalue weighted by Gasteiger charge is 2.39. The average molecular weight is 381 g/mol. The largest absolute Gasteiger partial charge is 0.494 e. The Bertz CT molecular complexity index is 888. The molecule has 0 aromatic heterocycles. The Hall–Kier alpha value is -3.35. The number of nitrogens with one attached hydrogen (secondary N) is 2. The van der Waals surface area contributed by atoms with E-state index in [0.717, 1.165) is 16.0 Å². The Labute approximate surface area is 163 Å². The van der Waals surface area contributed by atoms with Crippen molar-refractivity contribution in [1.82, 2.24) is 5.32 Å². The first-order valence-corrected chi connectivity index (χ1v) is 9.14. The maximum atomic E-state index is 12.9. The molecule has 1 aliphatic rings. The summed E-state index contributed by atoms with van der Waals surface area (Å²) in [5.41, 5.74) is 2.88. The fourth-order valence-electron chi connectivity index (χ4n) is 3.14. The Morgan fingerprint density at radius 2 is 1.79 bits per heavy atom. The Morgan fingerprint density at radius 3 is 2.39 bits per heavy atom. The van der Waals surface area contributed by atoms with Gasteiger partial charge in [0.15, 0.2) is 0 Å². The van der Waals surface area contributed by atoms with E-state index in [2.05, 4.69) is 10.6 Å². The van der Waals surface area contributed by atoms with Crippen molar-refractivity contribution in [1.29, 1.82) is 0 Å². The maximum Gasteiger partial charge on any atom is 0.328 e. The molecule has 7 heteroatoms. The van der Waals surface area contributed by atoms with Crippen LogP contribution in [-0.2, 0) is 9.59 Å². The van der Waals surface area contributed by atoms with Gasteiger partial charge in [0.1, 0.15) is 11.7 Å². The highest BCUT2D eigenvalue weighted by Crippen LogP contribution is 2.25. The molecule has 7 nitrogen and oxygen atoms in total. The van der Waals surface area contributed by atoms with E-state index in [0.29, 0.717) is 23.7 Å². The SMILES string of the molecule is CCOc1ccc(N2C(=O)NCC(C(=O)Nc3c(C)cccc3C)C2=O)cc1. The van der Waals surface area contributed by atoms with Crippen molar-refractivity contribution in [2.24, 2.45) is 5.92 Å². The predicted octanol–water partition coefficient (Wildman–Crippen LogP) is 3.01. The zero-order valence-corrected chi connectivity index (χ0v) is 16.1. The van der Waals surface area contributed by atoms with Crippen molar-refractivity contribution in [2.45, 2.75) is 20.8 Å². The molecule has 1 atom stereocenters. The number of anilines is 2. The molecular formula is C21H23N3O4. The lowest BCUT2D eigenvalue weighted by molar-refractivity contribution is -0.130. The van der Waals surface area contributed by atoms with Crippen molar-refractivity contribution in [3.05, 3.63) is 53.6 Å². The van der Waals surface area contributed by atoms with E-state index >= 15 is 0 Å². The predicted molar refractivity (Wildman–Crippen MR) is 107 cm³/mol. The van der Waals surface area contributed by atoms with Crippen LogP contribution in [-0.4, -0.2) is 31.0 Å². The molecule has 3 rings (SSSR count). The summed E-state index contributed by atoms with van der Waals surface area (Å²) < 4.78 is 5.38. The van der Waals surface area contributed by atoms with Gasteiger partial charge in [-0.2, -0.15) is 0 Å². The standard InChI is InChI=1S/C21H23N3O4/c1-4-28-16-10-8-15(9-11-16)24-20(26)17(12-22-21(24)27)19(25)23-18-13(2)6-5-7-14(18)3/h5-11,17H,4,12H2,1-3H3,(H,22,27)(H,23,25). The number of para-hydroxylation sites is 1. The highest BCUT2D eigenvalue weighted by atomic mass is 16.5.